The van der Waals surface area contributed by atoms with Crippen molar-refractivity contribution in [2.75, 3.05) is 119 Å². The van der Waals surface area contributed by atoms with Crippen LogP contribution in [0, 0.1) is 0 Å². The van der Waals surface area contributed by atoms with E-state index >= 15 is 0 Å². The van der Waals surface area contributed by atoms with Crippen LogP contribution in [0.1, 0.15) is 206 Å². The van der Waals surface area contributed by atoms with E-state index in [-0.39, 0.29) is 0 Å². The molecule has 0 bridgehead atoms. The van der Waals surface area contributed by atoms with Crippen LogP contribution in [0.15, 0.2) is 0 Å². The molecule has 0 spiro atoms. The van der Waals surface area contributed by atoms with Gasteiger partial charge in [-0.15, -0.1) is 0 Å². The highest BCUT2D eigenvalue weighted by molar-refractivity contribution is 4.51. The Kier molecular flexibility index (Phi) is 57.3. The number of hydrogen-bond acceptors (Lipinski definition) is 9. The number of hydrogen-bond donors (Lipinski definition) is 0. The average Bonchev–Trinajstić information content (AvgIpc) is 3.25. The van der Waals surface area contributed by atoms with E-state index in [4.69, 9.17) is 42.6 Å². The fourth-order valence-electron chi connectivity index (χ4n) is 7.01. The van der Waals surface area contributed by atoms with Crippen molar-refractivity contribution in [1.29, 1.82) is 0 Å². The van der Waals surface area contributed by atoms with Crippen molar-refractivity contribution in [3.05, 3.63) is 0 Å². The van der Waals surface area contributed by atoms with Gasteiger partial charge < -0.3 is 42.6 Å². The molecule has 0 saturated carbocycles. The van der Waals surface area contributed by atoms with Crippen LogP contribution in [0.25, 0.3) is 0 Å². The van der Waals surface area contributed by atoms with Gasteiger partial charge in [-0.05, 0) is 12.8 Å². The Morgan fingerprint density at radius 3 is 0.407 bits per heavy atom. The van der Waals surface area contributed by atoms with Gasteiger partial charge in [-0.1, -0.05) is 194 Å². The number of ether oxygens (including phenoxy) is 9. The first-order valence-electron chi connectivity index (χ1n) is 25.6. The Bertz CT molecular complexity index is 645. The highest BCUT2D eigenvalue weighted by atomic mass is 16.6. The molecule has 0 aromatic carbocycles. The van der Waals surface area contributed by atoms with Crippen LogP contribution in [0.3, 0.4) is 0 Å². The van der Waals surface area contributed by atoms with E-state index in [2.05, 4.69) is 13.8 Å². The van der Waals surface area contributed by atoms with Crippen molar-refractivity contribution in [2.45, 2.75) is 206 Å². The topological polar surface area (TPSA) is 83.1 Å². The Morgan fingerprint density at radius 2 is 0.254 bits per heavy atom. The van der Waals surface area contributed by atoms with E-state index < -0.39 is 0 Å². The van der Waals surface area contributed by atoms with Crippen molar-refractivity contribution in [3.63, 3.8) is 0 Å². The summed E-state index contributed by atoms with van der Waals surface area (Å²) in [5.41, 5.74) is 0. The fourth-order valence-corrected chi connectivity index (χ4v) is 7.01. The smallest absolute Gasteiger partial charge is 0.0701 e. The number of rotatable bonds is 56. The van der Waals surface area contributed by atoms with E-state index in [1.165, 1.54) is 180 Å². The summed E-state index contributed by atoms with van der Waals surface area (Å²) in [6.07, 6.45) is 41.6. The van der Waals surface area contributed by atoms with Crippen LogP contribution in [-0.4, -0.2) is 119 Å². The maximum Gasteiger partial charge on any atom is 0.0701 e. The van der Waals surface area contributed by atoms with Crippen molar-refractivity contribution < 1.29 is 42.6 Å². The SMILES string of the molecule is CCCCCCCCCCCCCCCCCCOCCOCCOCCOCCOCCOCCOCCOCCOCCCCCCCCCCCCCCCC. The Hall–Kier alpha value is -0.360. The monoisotopic (exact) mass is 847 g/mol. The summed E-state index contributed by atoms with van der Waals surface area (Å²) in [5.74, 6) is 0. The quantitative estimate of drug-likeness (QED) is 0.0556. The Morgan fingerprint density at radius 1 is 0.136 bits per heavy atom. The van der Waals surface area contributed by atoms with Gasteiger partial charge in [-0.2, -0.15) is 0 Å². The van der Waals surface area contributed by atoms with Crippen molar-refractivity contribution in [2.24, 2.45) is 0 Å². The summed E-state index contributed by atoms with van der Waals surface area (Å²) in [4.78, 5) is 0. The van der Waals surface area contributed by atoms with Gasteiger partial charge in [0.1, 0.15) is 0 Å². The molecule has 59 heavy (non-hydrogen) atoms. The summed E-state index contributed by atoms with van der Waals surface area (Å²) in [6.45, 7) is 15.5. The molecule has 0 heterocycles. The van der Waals surface area contributed by atoms with Gasteiger partial charge in [-0.25, -0.2) is 0 Å². The molecule has 0 aliphatic heterocycles. The molecule has 0 unspecified atom stereocenters. The van der Waals surface area contributed by atoms with Crippen LogP contribution in [0.5, 0.6) is 0 Å². The van der Waals surface area contributed by atoms with Crippen LogP contribution in [0.2, 0.25) is 0 Å². The molecule has 9 heteroatoms. The molecule has 0 aromatic heterocycles. The zero-order valence-corrected chi connectivity index (χ0v) is 39.6. The lowest BCUT2D eigenvalue weighted by Crippen LogP contribution is -2.15. The summed E-state index contributed by atoms with van der Waals surface area (Å²) < 4.78 is 50.4. The highest BCUT2D eigenvalue weighted by Gasteiger charge is 1.99. The molecule has 9 nitrogen and oxygen atoms in total. The molecule has 0 aliphatic carbocycles. The molecule has 356 valence electrons. The molecule has 0 atom stereocenters. The third kappa shape index (κ3) is 57.6. The van der Waals surface area contributed by atoms with Gasteiger partial charge in [0, 0.05) is 13.2 Å². The zero-order chi connectivity index (χ0) is 42.3. The molecule has 0 saturated heterocycles. The maximum absolute atomic E-state index is 5.71. The lowest BCUT2D eigenvalue weighted by molar-refractivity contribution is -0.0250. The standard InChI is InChI=1S/C50H102O9/c1-3-5-7-9-11-13-15-17-19-20-22-24-26-28-30-32-34-52-36-38-54-40-42-56-44-46-58-48-50-59-49-47-57-45-43-55-41-39-53-37-35-51-33-31-29-27-25-23-21-18-16-14-12-10-8-6-4-2/h3-50H2,1-2H3. The molecular weight excluding hydrogens is 745 g/mol. The third-order valence-corrected chi connectivity index (χ3v) is 10.8. The predicted octanol–water partition coefficient (Wildman–Crippen LogP) is 12.9. The molecule has 0 fully saturated rings. The summed E-state index contributed by atoms with van der Waals surface area (Å²) in [5, 5.41) is 0. The highest BCUT2D eigenvalue weighted by Crippen LogP contribution is 2.15. The summed E-state index contributed by atoms with van der Waals surface area (Å²) in [6, 6.07) is 0. The second kappa shape index (κ2) is 57.6. The fraction of sp³-hybridized carbons (Fsp3) is 1.00. The van der Waals surface area contributed by atoms with Crippen LogP contribution >= 0.6 is 0 Å². The molecule has 0 aromatic rings. The maximum atomic E-state index is 5.71. The van der Waals surface area contributed by atoms with Crippen LogP contribution < -0.4 is 0 Å². The van der Waals surface area contributed by atoms with Gasteiger partial charge >= 0.3 is 0 Å². The van der Waals surface area contributed by atoms with Gasteiger partial charge in [-0.3, -0.25) is 0 Å². The number of unbranched alkanes of at least 4 members (excludes halogenated alkanes) is 28. The van der Waals surface area contributed by atoms with Gasteiger partial charge in [0.2, 0.25) is 0 Å². The first-order valence-corrected chi connectivity index (χ1v) is 25.6. The van der Waals surface area contributed by atoms with Crippen LogP contribution in [0.4, 0.5) is 0 Å². The van der Waals surface area contributed by atoms with Crippen LogP contribution in [-0.2, 0) is 42.6 Å². The van der Waals surface area contributed by atoms with E-state index in [9.17, 15) is 0 Å². The molecule has 0 N–H and O–H groups in total. The first kappa shape index (κ1) is 58.6. The minimum absolute atomic E-state index is 0.545. The third-order valence-electron chi connectivity index (χ3n) is 10.8. The van der Waals surface area contributed by atoms with Gasteiger partial charge in [0.25, 0.3) is 0 Å². The molecular formula is C50H102O9. The van der Waals surface area contributed by atoms with Crippen molar-refractivity contribution in [1.82, 2.24) is 0 Å². The minimum atomic E-state index is 0.545. The van der Waals surface area contributed by atoms with E-state index in [0.717, 1.165) is 26.1 Å². The summed E-state index contributed by atoms with van der Waals surface area (Å²) in [7, 11) is 0. The molecule has 0 radical (unpaired) electrons. The normalized spacial score (nSPS) is 11.7. The van der Waals surface area contributed by atoms with Crippen molar-refractivity contribution >= 4 is 0 Å². The minimum Gasteiger partial charge on any atom is -0.379 e. The average molecular weight is 847 g/mol. The van der Waals surface area contributed by atoms with E-state index in [1.807, 2.05) is 0 Å². The second-order valence-corrected chi connectivity index (χ2v) is 16.4. The lowest BCUT2D eigenvalue weighted by Gasteiger charge is -2.09. The largest absolute Gasteiger partial charge is 0.379 e. The summed E-state index contributed by atoms with van der Waals surface area (Å²) >= 11 is 0. The van der Waals surface area contributed by atoms with Crippen molar-refractivity contribution in [3.8, 4) is 0 Å². The Labute approximate surface area is 367 Å². The molecule has 0 aliphatic rings. The predicted molar refractivity (Wildman–Crippen MR) is 247 cm³/mol. The van der Waals surface area contributed by atoms with E-state index in [1.54, 1.807) is 0 Å². The van der Waals surface area contributed by atoms with Gasteiger partial charge in [0.05, 0.1) is 106 Å². The van der Waals surface area contributed by atoms with E-state index in [0.29, 0.717) is 106 Å². The van der Waals surface area contributed by atoms with Gasteiger partial charge in [0.15, 0.2) is 0 Å². The Balaban J connectivity index is 3.06. The molecule has 0 rings (SSSR count). The second-order valence-electron chi connectivity index (χ2n) is 16.4. The zero-order valence-electron chi connectivity index (χ0n) is 39.6. The molecule has 0 amide bonds. The lowest BCUT2D eigenvalue weighted by atomic mass is 10.0. The first-order chi connectivity index (χ1) is 29.4.